The molecular weight excluding hydrogens is 420 g/mol. The molecule has 0 bridgehead atoms. The van der Waals surface area contributed by atoms with Gasteiger partial charge in [-0.3, -0.25) is 0 Å². The van der Waals surface area contributed by atoms with Crippen molar-refractivity contribution in [3.63, 3.8) is 0 Å². The Morgan fingerprint density at radius 3 is 1.81 bits per heavy atom. The molecule has 5 heteroatoms. The lowest BCUT2D eigenvalue weighted by Gasteiger charge is -2.11. The second kappa shape index (κ2) is 8.61. The maximum atomic E-state index is 12.7. The molecule has 0 saturated heterocycles. The summed E-state index contributed by atoms with van der Waals surface area (Å²) in [6, 6.07) is 31.7. The molecule has 0 aliphatic heterocycles. The highest BCUT2D eigenvalue weighted by atomic mass is 35.5. The minimum Gasteiger partial charge on any atom is -0.423 e. The molecule has 0 spiro atoms. The van der Waals surface area contributed by atoms with Crippen molar-refractivity contribution in [2.45, 2.75) is 0 Å². The topological polar surface area (TPSA) is 52.1 Å². The molecule has 0 fully saturated rings. The van der Waals surface area contributed by atoms with E-state index in [0.717, 1.165) is 22.5 Å². The molecule has 0 aliphatic rings. The Bertz CT molecular complexity index is 1400. The molecule has 5 rings (SSSR count). The van der Waals surface area contributed by atoms with Gasteiger partial charge in [0.15, 0.2) is 0 Å². The zero-order valence-electron chi connectivity index (χ0n) is 16.9. The number of nitrogens with zero attached hydrogens (tertiary/aromatic N) is 2. The highest BCUT2D eigenvalue weighted by Gasteiger charge is 2.15. The van der Waals surface area contributed by atoms with Crippen molar-refractivity contribution in [3.05, 3.63) is 114 Å². The number of halogens is 1. The number of benzene rings is 4. The first-order valence-corrected chi connectivity index (χ1v) is 10.5. The van der Waals surface area contributed by atoms with Crippen molar-refractivity contribution >= 4 is 28.6 Å². The van der Waals surface area contributed by atoms with Gasteiger partial charge in [-0.1, -0.05) is 72.3 Å². The van der Waals surface area contributed by atoms with Crippen LogP contribution < -0.4 is 4.74 Å². The van der Waals surface area contributed by atoms with Crippen LogP contribution in [-0.4, -0.2) is 15.9 Å². The van der Waals surface area contributed by atoms with Crippen molar-refractivity contribution in [2.75, 3.05) is 0 Å². The molecule has 0 amide bonds. The smallest absolute Gasteiger partial charge is 0.343 e. The molecule has 154 valence electrons. The van der Waals surface area contributed by atoms with Crippen LogP contribution in [0.1, 0.15) is 10.4 Å². The van der Waals surface area contributed by atoms with E-state index in [1.807, 2.05) is 60.7 Å². The highest BCUT2D eigenvalue weighted by Crippen LogP contribution is 2.31. The summed E-state index contributed by atoms with van der Waals surface area (Å²) in [5.41, 5.74) is 5.20. The molecule has 0 radical (unpaired) electrons. The van der Waals surface area contributed by atoms with Gasteiger partial charge >= 0.3 is 5.97 Å². The minimum atomic E-state index is -0.468. The SMILES string of the molecule is O=C(Oc1ccc(Cl)cc1)c1ccc2nc(-c3ccccc3)c(-c3ccccc3)nc2c1. The van der Waals surface area contributed by atoms with E-state index in [2.05, 4.69) is 0 Å². The van der Waals surface area contributed by atoms with E-state index in [-0.39, 0.29) is 0 Å². The van der Waals surface area contributed by atoms with Gasteiger partial charge in [-0.05, 0) is 42.5 Å². The fraction of sp³-hybridized carbons (Fsp3) is 0. The molecule has 1 aromatic heterocycles. The zero-order chi connectivity index (χ0) is 21.9. The van der Waals surface area contributed by atoms with Crippen molar-refractivity contribution in [2.24, 2.45) is 0 Å². The fourth-order valence-corrected chi connectivity index (χ4v) is 3.57. The van der Waals surface area contributed by atoms with Gasteiger partial charge in [0.1, 0.15) is 5.75 Å². The lowest BCUT2D eigenvalue weighted by atomic mass is 10.0. The maximum Gasteiger partial charge on any atom is 0.343 e. The van der Waals surface area contributed by atoms with Gasteiger partial charge in [0.2, 0.25) is 0 Å². The second-order valence-corrected chi connectivity index (χ2v) is 7.64. The van der Waals surface area contributed by atoms with Crippen molar-refractivity contribution in [3.8, 4) is 28.3 Å². The number of hydrogen-bond donors (Lipinski definition) is 0. The lowest BCUT2D eigenvalue weighted by Crippen LogP contribution is -2.08. The van der Waals surface area contributed by atoms with Crippen LogP contribution in [0.2, 0.25) is 5.02 Å². The largest absolute Gasteiger partial charge is 0.423 e. The third-order valence-corrected chi connectivity index (χ3v) is 5.27. The lowest BCUT2D eigenvalue weighted by molar-refractivity contribution is 0.0735. The van der Waals surface area contributed by atoms with Crippen LogP contribution in [0.5, 0.6) is 5.75 Å². The predicted octanol–water partition coefficient (Wildman–Crippen LogP) is 6.84. The van der Waals surface area contributed by atoms with Gasteiger partial charge in [0.25, 0.3) is 0 Å². The molecule has 0 N–H and O–H groups in total. The first-order chi connectivity index (χ1) is 15.7. The molecule has 0 atom stereocenters. The molecule has 32 heavy (non-hydrogen) atoms. The maximum absolute atomic E-state index is 12.7. The number of rotatable bonds is 4. The first kappa shape index (κ1) is 19.9. The highest BCUT2D eigenvalue weighted by molar-refractivity contribution is 6.30. The first-order valence-electron chi connectivity index (χ1n) is 10.1. The van der Waals surface area contributed by atoms with Crippen LogP contribution in [0.25, 0.3) is 33.5 Å². The Hall–Kier alpha value is -4.02. The van der Waals surface area contributed by atoms with Crippen LogP contribution in [-0.2, 0) is 0 Å². The number of carbonyl (C=O) groups excluding carboxylic acids is 1. The van der Waals surface area contributed by atoms with Gasteiger partial charge in [-0.25, -0.2) is 14.8 Å². The van der Waals surface area contributed by atoms with Crippen LogP contribution in [0, 0.1) is 0 Å². The standard InChI is InChI=1S/C27H17ClN2O2/c28-21-12-14-22(15-13-21)32-27(31)20-11-16-23-24(17-20)30-26(19-9-5-2-6-10-19)25(29-23)18-7-3-1-4-8-18/h1-17H. The predicted molar refractivity (Wildman–Crippen MR) is 127 cm³/mol. The monoisotopic (exact) mass is 436 g/mol. The van der Waals surface area contributed by atoms with E-state index >= 15 is 0 Å². The summed E-state index contributed by atoms with van der Waals surface area (Å²) in [5.74, 6) is -0.0422. The second-order valence-electron chi connectivity index (χ2n) is 7.20. The van der Waals surface area contributed by atoms with Gasteiger partial charge < -0.3 is 4.74 Å². The number of hydrogen-bond acceptors (Lipinski definition) is 4. The number of esters is 1. The summed E-state index contributed by atoms with van der Waals surface area (Å²) in [6.45, 7) is 0. The van der Waals surface area contributed by atoms with E-state index in [0.29, 0.717) is 27.4 Å². The Morgan fingerprint density at radius 1 is 0.656 bits per heavy atom. The van der Waals surface area contributed by atoms with Crippen LogP contribution >= 0.6 is 11.6 Å². The minimum absolute atomic E-state index is 0.397. The van der Waals surface area contributed by atoms with E-state index in [9.17, 15) is 4.79 Å². The average Bonchev–Trinajstić information content (AvgIpc) is 2.85. The van der Waals surface area contributed by atoms with Crippen LogP contribution in [0.3, 0.4) is 0 Å². The number of ether oxygens (including phenoxy) is 1. The summed E-state index contributed by atoms with van der Waals surface area (Å²) in [4.78, 5) is 22.5. The Labute approximate surface area is 190 Å². The van der Waals surface area contributed by atoms with Crippen molar-refractivity contribution in [1.29, 1.82) is 0 Å². The Morgan fingerprint density at radius 2 is 1.22 bits per heavy atom. The Balaban J connectivity index is 1.59. The molecule has 0 saturated carbocycles. The zero-order valence-corrected chi connectivity index (χ0v) is 17.7. The normalized spacial score (nSPS) is 10.8. The summed E-state index contributed by atoms with van der Waals surface area (Å²) < 4.78 is 5.47. The number of aromatic nitrogens is 2. The summed E-state index contributed by atoms with van der Waals surface area (Å²) in [5, 5.41) is 0.577. The van der Waals surface area contributed by atoms with Gasteiger partial charge in [0, 0.05) is 16.1 Å². The number of carbonyl (C=O) groups is 1. The fourth-order valence-electron chi connectivity index (χ4n) is 3.44. The van der Waals surface area contributed by atoms with Crippen LogP contribution in [0.4, 0.5) is 0 Å². The van der Waals surface area contributed by atoms with E-state index in [1.165, 1.54) is 0 Å². The van der Waals surface area contributed by atoms with Crippen LogP contribution in [0.15, 0.2) is 103 Å². The third-order valence-electron chi connectivity index (χ3n) is 5.02. The quantitative estimate of drug-likeness (QED) is 0.228. The van der Waals surface area contributed by atoms with Gasteiger partial charge in [-0.15, -0.1) is 0 Å². The molecule has 4 nitrogen and oxygen atoms in total. The van der Waals surface area contributed by atoms with Crippen molar-refractivity contribution < 1.29 is 9.53 Å². The average molecular weight is 437 g/mol. The molecule has 0 aliphatic carbocycles. The molecular formula is C27H17ClN2O2. The van der Waals surface area contributed by atoms with E-state index < -0.39 is 5.97 Å². The summed E-state index contributed by atoms with van der Waals surface area (Å²) in [7, 11) is 0. The molecule has 4 aromatic carbocycles. The molecule has 5 aromatic rings. The number of fused-ring (bicyclic) bond motifs is 1. The summed E-state index contributed by atoms with van der Waals surface area (Å²) in [6.07, 6.45) is 0. The Kier molecular flexibility index (Phi) is 5.36. The van der Waals surface area contributed by atoms with Crippen molar-refractivity contribution in [1.82, 2.24) is 9.97 Å². The summed E-state index contributed by atoms with van der Waals surface area (Å²) >= 11 is 5.90. The molecule has 0 unspecified atom stereocenters. The van der Waals surface area contributed by atoms with Gasteiger partial charge in [-0.2, -0.15) is 0 Å². The third kappa shape index (κ3) is 4.09. The van der Waals surface area contributed by atoms with E-state index in [1.54, 1.807) is 42.5 Å². The van der Waals surface area contributed by atoms with Gasteiger partial charge in [0.05, 0.1) is 28.0 Å². The molecule has 1 heterocycles. The van der Waals surface area contributed by atoms with E-state index in [4.69, 9.17) is 26.3 Å².